The Morgan fingerprint density at radius 1 is 1.03 bits per heavy atom. The molecular formula is C20H17NO7S. The maximum absolute atomic E-state index is 12.8. The topological polar surface area (TPSA) is 102 Å². The third-order valence-corrected chi connectivity index (χ3v) is 5.00. The summed E-state index contributed by atoms with van der Waals surface area (Å²) in [6.45, 7) is 0. The van der Waals surface area contributed by atoms with Crippen LogP contribution in [0.2, 0.25) is 0 Å². The van der Waals surface area contributed by atoms with Crippen LogP contribution in [0.5, 0.6) is 17.2 Å². The first kappa shape index (κ1) is 20.3. The first-order valence-electron chi connectivity index (χ1n) is 8.31. The smallest absolute Gasteiger partial charge is 0.335 e. The quantitative estimate of drug-likeness (QED) is 0.714. The zero-order valence-corrected chi connectivity index (χ0v) is 16.6. The minimum atomic E-state index is -1.15. The molecule has 0 aliphatic carbocycles. The molecule has 0 atom stereocenters. The monoisotopic (exact) mass is 415 g/mol. The van der Waals surface area contributed by atoms with Crippen molar-refractivity contribution in [3.8, 4) is 17.2 Å². The number of benzene rings is 2. The number of nitrogens with zero attached hydrogens (tertiary/aromatic N) is 1. The van der Waals surface area contributed by atoms with Crippen molar-refractivity contribution in [2.45, 2.75) is 0 Å². The van der Waals surface area contributed by atoms with Gasteiger partial charge in [0.05, 0.1) is 37.5 Å². The van der Waals surface area contributed by atoms with Crippen molar-refractivity contribution in [2.75, 3.05) is 26.2 Å². The fourth-order valence-electron chi connectivity index (χ4n) is 2.80. The summed E-state index contributed by atoms with van der Waals surface area (Å²) < 4.78 is 15.9. The van der Waals surface area contributed by atoms with E-state index >= 15 is 0 Å². The molecule has 1 N–H and O–H groups in total. The van der Waals surface area contributed by atoms with Gasteiger partial charge in [-0.1, -0.05) is 6.07 Å². The minimum absolute atomic E-state index is 0.0184. The highest BCUT2D eigenvalue weighted by atomic mass is 32.2. The van der Waals surface area contributed by atoms with Crippen molar-refractivity contribution >= 4 is 40.6 Å². The second kappa shape index (κ2) is 8.27. The molecule has 0 unspecified atom stereocenters. The Morgan fingerprint density at radius 2 is 1.69 bits per heavy atom. The van der Waals surface area contributed by atoms with E-state index in [1.165, 1.54) is 51.7 Å². The van der Waals surface area contributed by atoms with Crippen molar-refractivity contribution < 1.29 is 33.7 Å². The minimum Gasteiger partial charge on any atom is -0.493 e. The van der Waals surface area contributed by atoms with E-state index in [2.05, 4.69) is 0 Å². The maximum Gasteiger partial charge on any atom is 0.335 e. The molecule has 1 fully saturated rings. The third-order valence-electron chi connectivity index (χ3n) is 4.13. The molecule has 2 amide bonds. The van der Waals surface area contributed by atoms with E-state index in [1.54, 1.807) is 12.1 Å². The number of amides is 2. The lowest BCUT2D eigenvalue weighted by atomic mass is 10.1. The normalized spacial score (nSPS) is 15.0. The molecular weight excluding hydrogens is 398 g/mol. The van der Waals surface area contributed by atoms with Crippen LogP contribution in [0.15, 0.2) is 41.3 Å². The van der Waals surface area contributed by atoms with Gasteiger partial charge in [-0.3, -0.25) is 9.59 Å². The van der Waals surface area contributed by atoms with Crippen molar-refractivity contribution in [2.24, 2.45) is 0 Å². The number of carbonyl (C=O) groups excluding carboxylic acids is 2. The average molecular weight is 415 g/mol. The Hall–Kier alpha value is -3.46. The second-order valence-electron chi connectivity index (χ2n) is 5.83. The van der Waals surface area contributed by atoms with Gasteiger partial charge in [-0.05, 0) is 53.7 Å². The van der Waals surface area contributed by atoms with E-state index < -0.39 is 17.1 Å². The summed E-state index contributed by atoms with van der Waals surface area (Å²) >= 11 is 0.761. The number of thioether (sulfide) groups is 1. The number of imide groups is 1. The van der Waals surface area contributed by atoms with Crippen LogP contribution in [0, 0.1) is 0 Å². The molecule has 150 valence electrons. The highest BCUT2D eigenvalue weighted by Gasteiger charge is 2.36. The first-order chi connectivity index (χ1) is 13.9. The van der Waals surface area contributed by atoms with Crippen LogP contribution in [0.1, 0.15) is 15.9 Å². The maximum atomic E-state index is 12.8. The van der Waals surface area contributed by atoms with Gasteiger partial charge in [0.1, 0.15) is 0 Å². The lowest BCUT2D eigenvalue weighted by Gasteiger charge is -2.13. The number of aromatic carboxylic acids is 1. The van der Waals surface area contributed by atoms with E-state index in [0.717, 1.165) is 16.7 Å². The van der Waals surface area contributed by atoms with Crippen LogP contribution in [0.3, 0.4) is 0 Å². The Labute approximate surface area is 170 Å². The lowest BCUT2D eigenvalue weighted by molar-refractivity contribution is -0.113. The van der Waals surface area contributed by atoms with Gasteiger partial charge >= 0.3 is 5.97 Å². The lowest BCUT2D eigenvalue weighted by Crippen LogP contribution is -2.27. The van der Waals surface area contributed by atoms with Gasteiger partial charge in [-0.25, -0.2) is 9.69 Å². The van der Waals surface area contributed by atoms with E-state index in [0.29, 0.717) is 22.8 Å². The molecule has 8 nitrogen and oxygen atoms in total. The van der Waals surface area contributed by atoms with Crippen molar-refractivity contribution in [1.82, 2.24) is 0 Å². The van der Waals surface area contributed by atoms with Gasteiger partial charge in [0.15, 0.2) is 11.5 Å². The van der Waals surface area contributed by atoms with E-state index in [-0.39, 0.29) is 16.2 Å². The van der Waals surface area contributed by atoms with E-state index in [9.17, 15) is 14.4 Å². The molecule has 1 saturated heterocycles. The fourth-order valence-corrected chi connectivity index (χ4v) is 3.65. The van der Waals surface area contributed by atoms with Crippen molar-refractivity contribution in [1.29, 1.82) is 0 Å². The molecule has 3 rings (SSSR count). The molecule has 9 heteroatoms. The number of rotatable bonds is 6. The predicted octanol–water partition coefficient (Wildman–Crippen LogP) is 3.65. The molecule has 29 heavy (non-hydrogen) atoms. The standard InChI is InChI=1S/C20H17NO7S/c1-26-14-7-11(8-15(27-2)17(14)28-3)9-16-18(22)21(20(25)29-16)13-6-4-5-12(10-13)19(23)24/h4-10H,1-3H3,(H,23,24)/b16-9-. The van der Waals surface area contributed by atoms with Gasteiger partial charge in [-0.2, -0.15) is 0 Å². The van der Waals surface area contributed by atoms with Crippen LogP contribution in [-0.4, -0.2) is 43.6 Å². The summed E-state index contributed by atoms with van der Waals surface area (Å²) in [7, 11) is 4.44. The van der Waals surface area contributed by atoms with Gasteiger partial charge in [0, 0.05) is 0 Å². The van der Waals surface area contributed by atoms with Crippen molar-refractivity contribution in [3.63, 3.8) is 0 Å². The molecule has 0 radical (unpaired) electrons. The summed E-state index contributed by atoms with van der Waals surface area (Å²) in [5, 5.41) is 8.62. The highest BCUT2D eigenvalue weighted by Crippen LogP contribution is 2.41. The molecule has 1 aliphatic rings. The summed E-state index contributed by atoms with van der Waals surface area (Å²) in [6.07, 6.45) is 1.54. The van der Waals surface area contributed by atoms with Crippen LogP contribution in [0.25, 0.3) is 6.08 Å². The summed E-state index contributed by atoms with van der Waals surface area (Å²) in [5.41, 5.74) is 0.750. The number of methoxy groups -OCH3 is 3. The largest absolute Gasteiger partial charge is 0.493 e. The zero-order valence-electron chi connectivity index (χ0n) is 15.8. The van der Waals surface area contributed by atoms with Gasteiger partial charge < -0.3 is 19.3 Å². The molecule has 1 heterocycles. The average Bonchev–Trinajstić information content (AvgIpc) is 3.00. The molecule has 0 bridgehead atoms. The number of hydrogen-bond donors (Lipinski definition) is 1. The number of carbonyl (C=O) groups is 3. The van der Waals surface area contributed by atoms with Crippen LogP contribution in [-0.2, 0) is 4.79 Å². The molecule has 0 saturated carbocycles. The number of carboxylic acids is 1. The second-order valence-corrected chi connectivity index (χ2v) is 6.82. The summed E-state index contributed by atoms with van der Waals surface area (Å²) in [5.74, 6) is -0.466. The van der Waals surface area contributed by atoms with Crippen LogP contribution < -0.4 is 19.1 Å². The zero-order chi connectivity index (χ0) is 21.1. The van der Waals surface area contributed by atoms with Gasteiger partial charge in [0.25, 0.3) is 11.1 Å². The van der Waals surface area contributed by atoms with E-state index in [1.807, 2.05) is 0 Å². The van der Waals surface area contributed by atoms with Gasteiger partial charge in [0.2, 0.25) is 5.75 Å². The highest BCUT2D eigenvalue weighted by molar-refractivity contribution is 8.19. The van der Waals surface area contributed by atoms with E-state index in [4.69, 9.17) is 19.3 Å². The molecule has 0 aromatic heterocycles. The third kappa shape index (κ3) is 3.90. The summed E-state index contributed by atoms with van der Waals surface area (Å²) in [4.78, 5) is 37.5. The fraction of sp³-hybridized carbons (Fsp3) is 0.150. The summed E-state index contributed by atoms with van der Waals surface area (Å²) in [6, 6.07) is 8.95. The van der Waals surface area contributed by atoms with Gasteiger partial charge in [-0.15, -0.1) is 0 Å². The molecule has 0 spiro atoms. The Balaban J connectivity index is 1.98. The van der Waals surface area contributed by atoms with Crippen molar-refractivity contribution in [3.05, 3.63) is 52.4 Å². The number of carboxylic acid groups (broad SMARTS) is 1. The molecule has 2 aromatic rings. The Bertz CT molecular complexity index is 1010. The number of hydrogen-bond acceptors (Lipinski definition) is 7. The Kier molecular flexibility index (Phi) is 5.79. The first-order valence-corrected chi connectivity index (χ1v) is 9.12. The number of ether oxygens (including phenoxy) is 3. The SMILES string of the molecule is COc1cc(/C=C2\SC(=O)N(c3cccc(C(=O)O)c3)C2=O)cc(OC)c1OC. The number of anilines is 1. The van der Waals surface area contributed by atoms with Crippen LogP contribution in [0.4, 0.5) is 10.5 Å². The molecule has 2 aromatic carbocycles. The van der Waals surface area contributed by atoms with Crippen LogP contribution >= 0.6 is 11.8 Å². The molecule has 1 aliphatic heterocycles. The Morgan fingerprint density at radius 3 is 2.24 bits per heavy atom. The predicted molar refractivity (Wildman–Crippen MR) is 108 cm³/mol.